The minimum absolute atomic E-state index is 0.461. The molecule has 0 fully saturated rings. The third-order valence-corrected chi connectivity index (χ3v) is 3.89. The zero-order chi connectivity index (χ0) is 13.7. The number of benzene rings is 2. The largest absolute Gasteiger partial charge is 0.312 e. The van der Waals surface area contributed by atoms with Crippen molar-refractivity contribution in [2.45, 2.75) is 19.4 Å². The van der Waals surface area contributed by atoms with Crippen molar-refractivity contribution in [1.29, 1.82) is 0 Å². The van der Waals surface area contributed by atoms with E-state index in [2.05, 4.69) is 36.5 Å². The van der Waals surface area contributed by atoms with Gasteiger partial charge < -0.3 is 5.32 Å². The fraction of sp³-hybridized carbons (Fsp3) is 0.250. The van der Waals surface area contributed by atoms with Gasteiger partial charge in [-0.2, -0.15) is 0 Å². The maximum Gasteiger partial charge on any atom is 0.0465 e. The predicted molar refractivity (Wildman–Crippen MR) is 83.0 cm³/mol. The van der Waals surface area contributed by atoms with Crippen LogP contribution in [0.1, 0.15) is 24.0 Å². The summed E-state index contributed by atoms with van der Waals surface area (Å²) in [6.07, 6.45) is 0. The number of hydrogen-bond donors (Lipinski definition) is 1. The van der Waals surface area contributed by atoms with Gasteiger partial charge in [0.05, 0.1) is 0 Å². The van der Waals surface area contributed by atoms with Gasteiger partial charge in [-0.3, -0.25) is 0 Å². The normalized spacial score (nSPS) is 12.4. The summed E-state index contributed by atoms with van der Waals surface area (Å²) < 4.78 is 0. The lowest BCUT2D eigenvalue weighted by molar-refractivity contribution is 0.615. The summed E-state index contributed by atoms with van der Waals surface area (Å²) in [5.41, 5.74) is 2.30. The van der Waals surface area contributed by atoms with Crippen molar-refractivity contribution in [3.05, 3.63) is 69.7 Å². The van der Waals surface area contributed by atoms with Crippen LogP contribution in [0, 0.1) is 0 Å². The van der Waals surface area contributed by atoms with Crippen LogP contribution in [0.25, 0.3) is 0 Å². The van der Waals surface area contributed by atoms with E-state index in [1.54, 1.807) is 0 Å². The van der Waals surface area contributed by atoms with Gasteiger partial charge in [0.2, 0.25) is 0 Å². The minimum Gasteiger partial charge on any atom is -0.312 e. The van der Waals surface area contributed by atoms with Crippen molar-refractivity contribution in [1.82, 2.24) is 5.32 Å². The first-order valence-electron chi connectivity index (χ1n) is 6.37. The standard InChI is InChI=1S/C16H17Cl2N/c1-12(13-6-3-2-4-7-13)10-19-11-14-15(17)8-5-9-16(14)18/h2-9,12,19H,10-11H2,1H3. The Morgan fingerprint density at radius 1 is 0.947 bits per heavy atom. The topological polar surface area (TPSA) is 12.0 Å². The van der Waals surface area contributed by atoms with Crippen LogP contribution >= 0.6 is 23.2 Å². The van der Waals surface area contributed by atoms with Crippen LogP contribution in [0.15, 0.2) is 48.5 Å². The Labute approximate surface area is 124 Å². The van der Waals surface area contributed by atoms with Gasteiger partial charge in [-0.15, -0.1) is 0 Å². The molecule has 1 unspecified atom stereocenters. The van der Waals surface area contributed by atoms with Gasteiger partial charge in [-0.1, -0.05) is 66.5 Å². The lowest BCUT2D eigenvalue weighted by Crippen LogP contribution is -2.20. The molecule has 0 amide bonds. The molecule has 0 spiro atoms. The molecule has 0 radical (unpaired) electrons. The molecule has 1 nitrogen and oxygen atoms in total. The van der Waals surface area contributed by atoms with E-state index in [0.29, 0.717) is 22.5 Å². The van der Waals surface area contributed by atoms with E-state index >= 15 is 0 Å². The number of hydrogen-bond acceptors (Lipinski definition) is 1. The molecule has 1 N–H and O–H groups in total. The van der Waals surface area contributed by atoms with Gasteiger partial charge in [0.25, 0.3) is 0 Å². The van der Waals surface area contributed by atoms with Gasteiger partial charge in [0.15, 0.2) is 0 Å². The molecule has 100 valence electrons. The molecule has 0 aliphatic carbocycles. The summed E-state index contributed by atoms with van der Waals surface area (Å²) in [7, 11) is 0. The van der Waals surface area contributed by atoms with E-state index in [-0.39, 0.29) is 0 Å². The minimum atomic E-state index is 0.461. The third kappa shape index (κ3) is 3.97. The monoisotopic (exact) mass is 293 g/mol. The molecule has 2 aromatic carbocycles. The molecule has 0 heterocycles. The lowest BCUT2D eigenvalue weighted by Gasteiger charge is -2.14. The molecular weight excluding hydrogens is 277 g/mol. The summed E-state index contributed by atoms with van der Waals surface area (Å²) in [5, 5.41) is 4.84. The second kappa shape index (κ2) is 6.95. The van der Waals surface area contributed by atoms with E-state index in [4.69, 9.17) is 23.2 Å². The SMILES string of the molecule is CC(CNCc1c(Cl)cccc1Cl)c1ccccc1. The highest BCUT2D eigenvalue weighted by Gasteiger charge is 2.07. The molecule has 1 atom stereocenters. The Hall–Kier alpha value is -1.02. The maximum atomic E-state index is 6.14. The average Bonchev–Trinajstić information content (AvgIpc) is 2.43. The van der Waals surface area contributed by atoms with Crippen LogP contribution in [0.3, 0.4) is 0 Å². The van der Waals surface area contributed by atoms with Crippen LogP contribution < -0.4 is 5.32 Å². The van der Waals surface area contributed by atoms with E-state index in [1.165, 1.54) is 5.56 Å². The van der Waals surface area contributed by atoms with Crippen molar-refractivity contribution in [3.63, 3.8) is 0 Å². The Morgan fingerprint density at radius 3 is 2.21 bits per heavy atom. The van der Waals surface area contributed by atoms with Crippen molar-refractivity contribution in [2.75, 3.05) is 6.54 Å². The highest BCUT2D eigenvalue weighted by atomic mass is 35.5. The third-order valence-electron chi connectivity index (χ3n) is 3.18. The Kier molecular flexibility index (Phi) is 5.26. The van der Waals surface area contributed by atoms with Gasteiger partial charge >= 0.3 is 0 Å². The maximum absolute atomic E-state index is 6.14. The van der Waals surface area contributed by atoms with Crippen LogP contribution in [-0.2, 0) is 6.54 Å². The quantitative estimate of drug-likeness (QED) is 0.828. The summed E-state index contributed by atoms with van der Waals surface area (Å²) in [5.74, 6) is 0.461. The molecule has 0 bridgehead atoms. The summed E-state index contributed by atoms with van der Waals surface area (Å²) in [6.45, 7) is 3.79. The van der Waals surface area contributed by atoms with Crippen molar-refractivity contribution < 1.29 is 0 Å². The summed E-state index contributed by atoms with van der Waals surface area (Å²) >= 11 is 12.3. The summed E-state index contributed by atoms with van der Waals surface area (Å²) in [4.78, 5) is 0. The van der Waals surface area contributed by atoms with Crippen molar-refractivity contribution in [3.8, 4) is 0 Å². The lowest BCUT2D eigenvalue weighted by atomic mass is 10.0. The molecule has 3 heteroatoms. The van der Waals surface area contributed by atoms with Gasteiger partial charge in [0, 0.05) is 28.7 Å². The van der Waals surface area contributed by atoms with Crippen molar-refractivity contribution >= 4 is 23.2 Å². The van der Waals surface area contributed by atoms with Crippen LogP contribution in [0.2, 0.25) is 10.0 Å². The van der Waals surface area contributed by atoms with Gasteiger partial charge in [0.1, 0.15) is 0 Å². The zero-order valence-corrected chi connectivity index (χ0v) is 12.4. The number of nitrogens with one attached hydrogen (secondary N) is 1. The first-order chi connectivity index (χ1) is 9.18. The van der Waals surface area contributed by atoms with Crippen LogP contribution in [0.5, 0.6) is 0 Å². The molecule has 0 aromatic heterocycles. The van der Waals surface area contributed by atoms with E-state index in [0.717, 1.165) is 12.1 Å². The highest BCUT2D eigenvalue weighted by molar-refractivity contribution is 6.35. The molecule has 0 saturated carbocycles. The van der Waals surface area contributed by atoms with Crippen LogP contribution in [0.4, 0.5) is 0 Å². The van der Waals surface area contributed by atoms with Gasteiger partial charge in [-0.25, -0.2) is 0 Å². The first kappa shape index (κ1) is 14.4. The molecule has 0 aliphatic heterocycles. The number of halogens is 2. The molecule has 2 aromatic rings. The molecule has 19 heavy (non-hydrogen) atoms. The molecular formula is C16H17Cl2N. The van der Waals surface area contributed by atoms with Crippen molar-refractivity contribution in [2.24, 2.45) is 0 Å². The first-order valence-corrected chi connectivity index (χ1v) is 7.12. The second-order valence-electron chi connectivity index (χ2n) is 4.64. The fourth-order valence-electron chi connectivity index (χ4n) is 2.01. The Balaban J connectivity index is 1.90. The zero-order valence-electron chi connectivity index (χ0n) is 10.9. The van der Waals surface area contributed by atoms with Crippen LogP contribution in [-0.4, -0.2) is 6.54 Å². The summed E-state index contributed by atoms with van der Waals surface area (Å²) in [6, 6.07) is 16.1. The number of rotatable bonds is 5. The second-order valence-corrected chi connectivity index (χ2v) is 5.46. The fourth-order valence-corrected chi connectivity index (χ4v) is 2.55. The molecule has 0 saturated heterocycles. The highest BCUT2D eigenvalue weighted by Crippen LogP contribution is 2.24. The van der Waals surface area contributed by atoms with E-state index < -0.39 is 0 Å². The average molecular weight is 294 g/mol. The van der Waals surface area contributed by atoms with Gasteiger partial charge in [-0.05, 0) is 23.6 Å². The Bertz CT molecular complexity index is 505. The predicted octanol–water partition coefficient (Wildman–Crippen LogP) is 4.89. The van der Waals surface area contributed by atoms with E-state index in [9.17, 15) is 0 Å². The smallest absolute Gasteiger partial charge is 0.0465 e. The molecule has 2 rings (SSSR count). The van der Waals surface area contributed by atoms with E-state index in [1.807, 2.05) is 24.3 Å². The Morgan fingerprint density at radius 2 is 1.58 bits per heavy atom. The molecule has 0 aliphatic rings.